The molecule has 0 aliphatic carbocycles. The van der Waals surface area contributed by atoms with Crippen LogP contribution in [0, 0.1) is 11.1 Å². The fourth-order valence-electron chi connectivity index (χ4n) is 4.15. The zero-order valence-electron chi connectivity index (χ0n) is 18.8. The number of aromatic amines is 1. The van der Waals surface area contributed by atoms with E-state index < -0.39 is 10.7 Å². The molecule has 1 aromatic heterocycles. The molecule has 0 saturated carbocycles. The predicted octanol–water partition coefficient (Wildman–Crippen LogP) is 6.19. The van der Waals surface area contributed by atoms with Crippen molar-refractivity contribution in [3.05, 3.63) is 81.4 Å². The van der Waals surface area contributed by atoms with Crippen molar-refractivity contribution in [1.82, 2.24) is 4.98 Å². The van der Waals surface area contributed by atoms with Crippen LogP contribution in [0.3, 0.4) is 0 Å². The van der Waals surface area contributed by atoms with E-state index in [1.807, 2.05) is 54.7 Å². The number of nitrogens with one attached hydrogen (secondary N) is 1. The Hall–Kier alpha value is -2.61. The number of ether oxygens (including phenoxy) is 2. The normalized spacial score (nSPS) is 21.2. The number of likely N-dealkylation sites (N-methyl/N-ethyl adjacent to an activating group) is 1. The molecule has 32 heavy (non-hydrogen) atoms. The third kappa shape index (κ3) is 4.33. The Morgan fingerprint density at radius 2 is 1.94 bits per heavy atom. The maximum Gasteiger partial charge on any atom is 0.319 e. The Kier molecular flexibility index (Phi) is 6.42. The standard InChI is InChI=1S/C25H28BrN3O3/c1-16(2)12-22-24(32-15-17-8-6-5-7-9-17)28-23(25(31-4)29(22,3)30)20-14-27-21-11-10-18(26)13-19(20)21/h5-11,13-14,16,22,27H,12,15H2,1-4H3. The predicted molar refractivity (Wildman–Crippen MR) is 131 cm³/mol. The molecule has 1 aliphatic heterocycles. The lowest BCUT2D eigenvalue weighted by Crippen LogP contribution is -2.54. The highest BCUT2D eigenvalue weighted by molar-refractivity contribution is 9.10. The number of methoxy groups -OCH3 is 1. The number of H-pyrrole nitrogens is 1. The Balaban J connectivity index is 1.83. The molecule has 6 nitrogen and oxygen atoms in total. The summed E-state index contributed by atoms with van der Waals surface area (Å²) in [4.78, 5) is 8.17. The monoisotopic (exact) mass is 497 g/mol. The summed E-state index contributed by atoms with van der Waals surface area (Å²) in [5.41, 5.74) is 3.29. The second-order valence-electron chi connectivity index (χ2n) is 8.61. The minimum atomic E-state index is -0.710. The molecule has 1 N–H and O–H groups in total. The van der Waals surface area contributed by atoms with Crippen LogP contribution in [0.5, 0.6) is 0 Å². The van der Waals surface area contributed by atoms with Gasteiger partial charge >= 0.3 is 5.88 Å². The Morgan fingerprint density at radius 1 is 1.19 bits per heavy atom. The van der Waals surface area contributed by atoms with Crippen molar-refractivity contribution in [3.8, 4) is 0 Å². The lowest BCUT2D eigenvalue weighted by molar-refractivity contribution is -0.855. The van der Waals surface area contributed by atoms with Gasteiger partial charge in [0, 0.05) is 33.6 Å². The van der Waals surface area contributed by atoms with Gasteiger partial charge in [-0.05, 0) is 29.7 Å². The van der Waals surface area contributed by atoms with Crippen molar-refractivity contribution in [3.63, 3.8) is 0 Å². The molecule has 168 valence electrons. The van der Waals surface area contributed by atoms with Crippen LogP contribution in [0.25, 0.3) is 16.6 Å². The molecule has 1 aliphatic rings. The van der Waals surface area contributed by atoms with Crippen molar-refractivity contribution in [1.29, 1.82) is 0 Å². The molecule has 4 rings (SSSR count). The van der Waals surface area contributed by atoms with Crippen LogP contribution >= 0.6 is 15.9 Å². The van der Waals surface area contributed by atoms with Gasteiger partial charge in [0.25, 0.3) is 5.90 Å². The number of nitrogens with zero attached hydrogens (tertiary/aromatic N) is 2. The topological polar surface area (TPSA) is 69.7 Å². The number of benzene rings is 2. The van der Waals surface area contributed by atoms with Crippen LogP contribution in [-0.2, 0) is 16.1 Å². The Bertz CT molecular complexity index is 1170. The molecular weight excluding hydrogens is 470 g/mol. The highest BCUT2D eigenvalue weighted by Crippen LogP contribution is 2.39. The molecule has 2 atom stereocenters. The van der Waals surface area contributed by atoms with Crippen molar-refractivity contribution in [2.45, 2.75) is 32.9 Å². The van der Waals surface area contributed by atoms with E-state index in [1.54, 1.807) is 7.05 Å². The third-order valence-electron chi connectivity index (χ3n) is 5.72. The summed E-state index contributed by atoms with van der Waals surface area (Å²) in [6.45, 7) is 4.54. The van der Waals surface area contributed by atoms with Gasteiger partial charge in [-0.25, -0.2) is 4.99 Å². The second kappa shape index (κ2) is 9.10. The first-order valence-corrected chi connectivity index (χ1v) is 11.5. The van der Waals surface area contributed by atoms with Crippen LogP contribution in [0.2, 0.25) is 0 Å². The minimum absolute atomic E-state index is 0.281. The van der Waals surface area contributed by atoms with E-state index in [1.165, 1.54) is 7.11 Å². The van der Waals surface area contributed by atoms with Crippen LogP contribution in [0.4, 0.5) is 0 Å². The smallest absolute Gasteiger partial charge is 0.319 e. The number of hydrogen-bond acceptors (Lipinski definition) is 4. The number of hydroxylamine groups is 3. The van der Waals surface area contributed by atoms with E-state index in [0.717, 1.165) is 26.5 Å². The average molecular weight is 498 g/mol. The zero-order chi connectivity index (χ0) is 22.9. The quantitative estimate of drug-likeness (QED) is 0.326. The molecule has 0 fully saturated rings. The number of quaternary nitrogens is 1. The first-order chi connectivity index (χ1) is 15.3. The fourth-order valence-corrected chi connectivity index (χ4v) is 4.51. The number of aliphatic imine (C=N–C) groups is 1. The summed E-state index contributed by atoms with van der Waals surface area (Å²) in [7, 11) is 3.16. The van der Waals surface area contributed by atoms with E-state index in [-0.39, 0.29) is 5.88 Å². The summed E-state index contributed by atoms with van der Waals surface area (Å²) in [6, 6.07) is 15.4. The average Bonchev–Trinajstić information content (AvgIpc) is 3.17. The molecule has 2 unspecified atom stereocenters. The van der Waals surface area contributed by atoms with Gasteiger partial charge in [-0.1, -0.05) is 60.1 Å². The molecule has 3 aromatic rings. The molecule has 7 heteroatoms. The number of aromatic nitrogens is 1. The first kappa shape index (κ1) is 22.6. The highest BCUT2D eigenvalue weighted by Gasteiger charge is 2.43. The van der Waals surface area contributed by atoms with E-state index in [2.05, 4.69) is 34.8 Å². The van der Waals surface area contributed by atoms with Crippen LogP contribution < -0.4 is 0 Å². The molecule has 0 bridgehead atoms. The number of fused-ring (bicyclic) bond motifs is 1. The molecular formula is C25H28BrN3O3. The minimum Gasteiger partial charge on any atom is -0.625 e. The lowest BCUT2D eigenvalue weighted by Gasteiger charge is -2.47. The lowest BCUT2D eigenvalue weighted by atomic mass is 10.00. The highest BCUT2D eigenvalue weighted by atomic mass is 79.9. The Morgan fingerprint density at radius 3 is 2.62 bits per heavy atom. The summed E-state index contributed by atoms with van der Waals surface area (Å²) in [6.07, 6.45) is 2.50. The number of rotatable bonds is 6. The van der Waals surface area contributed by atoms with Gasteiger partial charge in [0.1, 0.15) is 6.61 Å². The number of hydrogen-bond donors (Lipinski definition) is 1. The summed E-state index contributed by atoms with van der Waals surface area (Å²) in [5, 5.41) is 15.0. The van der Waals surface area contributed by atoms with Gasteiger partial charge in [0.15, 0.2) is 11.7 Å². The van der Waals surface area contributed by atoms with Crippen molar-refractivity contribution >= 4 is 38.4 Å². The maximum atomic E-state index is 14.1. The first-order valence-electron chi connectivity index (χ1n) is 10.7. The van der Waals surface area contributed by atoms with Crippen LogP contribution in [0.15, 0.2) is 70.1 Å². The fraction of sp³-hybridized carbons (Fsp3) is 0.320. The summed E-state index contributed by atoms with van der Waals surface area (Å²) < 4.78 is 12.1. The van der Waals surface area contributed by atoms with E-state index in [9.17, 15) is 5.21 Å². The summed E-state index contributed by atoms with van der Waals surface area (Å²) >= 11 is 3.54. The Labute approximate surface area is 196 Å². The third-order valence-corrected chi connectivity index (χ3v) is 6.22. The van der Waals surface area contributed by atoms with Gasteiger partial charge in [-0.2, -0.15) is 0 Å². The van der Waals surface area contributed by atoms with Gasteiger partial charge in [0.05, 0.1) is 14.2 Å². The van der Waals surface area contributed by atoms with E-state index in [0.29, 0.717) is 30.5 Å². The molecule has 0 spiro atoms. The molecule has 0 amide bonds. The molecule has 2 aromatic carbocycles. The van der Waals surface area contributed by atoms with Crippen molar-refractivity contribution in [2.75, 3.05) is 14.2 Å². The second-order valence-corrected chi connectivity index (χ2v) is 9.53. The molecule has 0 radical (unpaired) electrons. The van der Waals surface area contributed by atoms with Crippen molar-refractivity contribution < 1.29 is 14.1 Å². The van der Waals surface area contributed by atoms with Gasteiger partial charge in [0.2, 0.25) is 0 Å². The zero-order valence-corrected chi connectivity index (χ0v) is 20.3. The van der Waals surface area contributed by atoms with Crippen LogP contribution in [-0.4, -0.2) is 35.7 Å². The van der Waals surface area contributed by atoms with Crippen molar-refractivity contribution in [2.24, 2.45) is 10.9 Å². The van der Waals surface area contributed by atoms with Gasteiger partial charge < -0.3 is 19.7 Å². The maximum absolute atomic E-state index is 14.1. The number of halogens is 1. The molecule has 2 heterocycles. The molecule has 0 saturated heterocycles. The summed E-state index contributed by atoms with van der Waals surface area (Å²) in [5.74, 6) is 1.02. The van der Waals surface area contributed by atoms with Crippen LogP contribution in [0.1, 0.15) is 31.4 Å². The van der Waals surface area contributed by atoms with Gasteiger partial charge in [-0.3, -0.25) is 4.65 Å². The largest absolute Gasteiger partial charge is 0.625 e. The van der Waals surface area contributed by atoms with Gasteiger partial charge in [-0.15, -0.1) is 0 Å². The SMILES string of the molecule is COC1=C(c2c[nH]c3ccc(Br)cc23)N=C(OCc2ccccc2)C(CC(C)C)[N+]1(C)[O-]. The van der Waals surface area contributed by atoms with E-state index >= 15 is 0 Å². The van der Waals surface area contributed by atoms with E-state index in [4.69, 9.17) is 14.5 Å².